The van der Waals surface area contributed by atoms with Crippen molar-refractivity contribution in [3.05, 3.63) is 0 Å². The smallest absolute Gasteiger partial charge is 0.311 e. The Labute approximate surface area is 628 Å². The summed E-state index contributed by atoms with van der Waals surface area (Å²) in [5.41, 5.74) is -1.04. The number of hydrogen-bond acceptors (Lipinski definition) is 12. The van der Waals surface area contributed by atoms with Gasteiger partial charge >= 0.3 is 34.4 Å². The summed E-state index contributed by atoms with van der Waals surface area (Å²) in [6.07, 6.45) is 26.0. The van der Waals surface area contributed by atoms with Gasteiger partial charge in [-0.05, 0) is 296 Å². The van der Waals surface area contributed by atoms with Crippen LogP contribution in [0.5, 0.6) is 0 Å². The molecule has 0 N–H and O–H groups in total. The van der Waals surface area contributed by atoms with Crippen LogP contribution >= 0.6 is 34.4 Å². The lowest BCUT2D eigenvalue weighted by Crippen LogP contribution is -2.42. The summed E-state index contributed by atoms with van der Waals surface area (Å²) in [5, 5.41) is 0. The molecule has 0 spiro atoms. The molecule has 12 nitrogen and oxygen atoms in total. The van der Waals surface area contributed by atoms with Crippen molar-refractivity contribution in [3.8, 4) is 0 Å². The molecule has 8 saturated carbocycles. The molecule has 0 aromatic heterocycles. The summed E-state index contributed by atoms with van der Waals surface area (Å²) >= 11 is 0. The van der Waals surface area contributed by atoms with Gasteiger partial charge in [0, 0.05) is 0 Å². The van der Waals surface area contributed by atoms with Crippen molar-refractivity contribution < 1.29 is 54.3 Å². The van der Waals surface area contributed by atoms with E-state index in [2.05, 4.69) is 166 Å². The number of hydrogen-bond donors (Lipinski definition) is 0. The zero-order valence-corrected chi connectivity index (χ0v) is 73.0. The van der Waals surface area contributed by atoms with Gasteiger partial charge in [-0.2, -0.15) is 0 Å². The molecule has 0 heterocycles. The van der Waals surface area contributed by atoms with Crippen molar-refractivity contribution in [2.75, 3.05) is 26.4 Å². The van der Waals surface area contributed by atoms with Crippen LogP contribution in [0.1, 0.15) is 320 Å². The average molecular weight is 1500 g/mol. The van der Waals surface area contributed by atoms with Gasteiger partial charge in [0.15, 0.2) is 0 Å². The van der Waals surface area contributed by atoms with E-state index in [1.807, 2.05) is 0 Å². The summed E-state index contributed by atoms with van der Waals surface area (Å²) in [6, 6.07) is 0. The minimum absolute atomic E-state index is 0.00655. The van der Waals surface area contributed by atoms with Gasteiger partial charge in [-0.1, -0.05) is 166 Å². The fourth-order valence-electron chi connectivity index (χ4n) is 20.1. The van der Waals surface area contributed by atoms with Crippen LogP contribution in [0.2, 0.25) is 0 Å². The maximum absolute atomic E-state index is 7.84. The molecule has 0 aromatic rings. The lowest BCUT2D eigenvalue weighted by Gasteiger charge is -2.44. The zero-order valence-electron chi connectivity index (χ0n) is 69.5. The minimum Gasteiger partial charge on any atom is -0.311 e. The van der Waals surface area contributed by atoms with E-state index in [1.54, 1.807) is 0 Å². The Morgan fingerprint density at radius 2 is 0.327 bits per heavy atom. The van der Waals surface area contributed by atoms with Gasteiger partial charge in [-0.3, -0.25) is 0 Å². The molecule has 8 aliphatic carbocycles. The van der Waals surface area contributed by atoms with Gasteiger partial charge in [-0.15, -0.1) is 0 Å². The lowest BCUT2D eigenvalue weighted by atomic mass is 9.75. The normalized spacial score (nSPS) is 39.2. The van der Waals surface area contributed by atoms with Gasteiger partial charge in [-0.25, -0.2) is 0 Å². The molecule has 592 valence electrons. The summed E-state index contributed by atoms with van der Waals surface area (Å²) < 4.78 is 92.7. The molecular formula is C85H160O12P4. The Balaban J connectivity index is 1.29. The first kappa shape index (κ1) is 87.8. The van der Waals surface area contributed by atoms with Crippen LogP contribution in [0.25, 0.3) is 0 Å². The van der Waals surface area contributed by atoms with Crippen molar-refractivity contribution in [1.29, 1.82) is 0 Å². The predicted octanol–water partition coefficient (Wildman–Crippen LogP) is 26.8. The Morgan fingerprint density at radius 3 is 0.436 bits per heavy atom. The monoisotopic (exact) mass is 1500 g/mol. The molecule has 8 fully saturated rings. The van der Waals surface area contributed by atoms with E-state index >= 15 is 0 Å². The Morgan fingerprint density at radius 1 is 0.208 bits per heavy atom. The Kier molecular flexibility index (Phi) is 36.7. The third-order valence-electron chi connectivity index (χ3n) is 27.3. The highest BCUT2D eigenvalue weighted by Gasteiger charge is 2.48. The van der Waals surface area contributed by atoms with Gasteiger partial charge in [0.25, 0.3) is 0 Å². The molecule has 24 atom stereocenters. The van der Waals surface area contributed by atoms with E-state index in [-0.39, 0.29) is 75.3 Å². The topological polar surface area (TPSA) is 111 Å². The molecule has 8 aliphatic rings. The van der Waals surface area contributed by atoms with Crippen LogP contribution in [0.3, 0.4) is 0 Å². The Hall–Kier alpha value is 1.24. The quantitative estimate of drug-likeness (QED) is 0.0557. The molecule has 0 amide bonds. The van der Waals surface area contributed by atoms with Crippen LogP contribution < -0.4 is 0 Å². The largest absolute Gasteiger partial charge is 0.333 e. The van der Waals surface area contributed by atoms with Crippen molar-refractivity contribution in [3.63, 3.8) is 0 Å². The highest BCUT2D eigenvalue weighted by atomic mass is 31.2. The average Bonchev–Trinajstić information content (AvgIpc) is 0.827. The summed E-state index contributed by atoms with van der Waals surface area (Å²) in [5.74, 6) is 11.8. The maximum Gasteiger partial charge on any atom is 0.333 e. The minimum atomic E-state index is -1.91. The fraction of sp³-hybridized carbons (Fsp3) is 1.00. The van der Waals surface area contributed by atoms with E-state index in [0.717, 1.165) is 154 Å². The highest BCUT2D eigenvalue weighted by molar-refractivity contribution is 7.42. The van der Waals surface area contributed by atoms with Gasteiger partial charge in [0.1, 0.15) is 0 Å². The molecule has 16 heteroatoms. The van der Waals surface area contributed by atoms with Crippen LogP contribution in [0.4, 0.5) is 0 Å². The van der Waals surface area contributed by atoms with Crippen LogP contribution in [0.15, 0.2) is 0 Å². The van der Waals surface area contributed by atoms with Crippen molar-refractivity contribution >= 4 is 34.4 Å². The highest BCUT2D eigenvalue weighted by Crippen LogP contribution is 2.59. The molecule has 0 bridgehead atoms. The predicted molar refractivity (Wildman–Crippen MR) is 424 cm³/mol. The summed E-state index contributed by atoms with van der Waals surface area (Å²) in [7, 11) is -7.63. The van der Waals surface area contributed by atoms with Gasteiger partial charge < -0.3 is 54.3 Å². The SMILES string of the molecule is CC1CCC(OP(OCC(COP(OC2CCC(C)CC2C(C)C)OC2CCC(C)CC2C(C)C)(COP(OC2CCC(C)CC2C(C)C)OC2CCC(C)CC2C(C)C)COP(OC2CCC(C)CC2C(C)C)OC2CCC(C)CC2C(C)C)OC2CCC(C)CC2C(C)C)C(C(C)C)C1. The van der Waals surface area contributed by atoms with E-state index in [0.29, 0.717) is 142 Å². The van der Waals surface area contributed by atoms with E-state index in [1.165, 1.54) is 0 Å². The van der Waals surface area contributed by atoms with Crippen molar-refractivity contribution in [2.45, 2.75) is 369 Å². The first-order chi connectivity index (χ1) is 47.8. The van der Waals surface area contributed by atoms with Gasteiger partial charge in [0.2, 0.25) is 0 Å². The fourth-order valence-corrected chi connectivity index (χ4v) is 26.1. The molecule has 101 heavy (non-hydrogen) atoms. The van der Waals surface area contributed by atoms with Crippen LogP contribution in [-0.4, -0.2) is 75.3 Å². The van der Waals surface area contributed by atoms with Crippen LogP contribution in [0, 0.1) is 147 Å². The molecule has 8 rings (SSSR count). The lowest BCUT2D eigenvalue weighted by molar-refractivity contribution is -0.0660. The molecule has 24 unspecified atom stereocenters. The van der Waals surface area contributed by atoms with Crippen LogP contribution in [-0.2, 0) is 54.3 Å². The summed E-state index contributed by atoms with van der Waals surface area (Å²) in [4.78, 5) is 0. The zero-order chi connectivity index (χ0) is 73.6. The van der Waals surface area contributed by atoms with E-state index in [9.17, 15) is 0 Å². The Bertz CT molecular complexity index is 1850. The van der Waals surface area contributed by atoms with Crippen molar-refractivity contribution in [2.24, 2.45) is 147 Å². The first-order valence-corrected chi connectivity index (χ1v) is 47.3. The second-order valence-electron chi connectivity index (χ2n) is 39.2. The standard InChI is InChI=1S/C85H160O12P4/c1-53(2)69-41-61(17)25-33-77(69)90-98(91-78-34-26-62(18)42-70(78)54(3)4)86-49-85(50-87-99(92-79-35-27-63(19)43-71(79)55(5)6)93-80-36-28-64(20)44-72(80)56(7)8,51-88-100(94-81-37-29-65(21)45-73(81)57(9)10)95-82-38-30-66(22)46-74(82)58(11)12)52-89-101(96-83-39-31-67(23)47-75(83)59(13)14)97-84-40-32-68(24)48-76(84)60(15)16/h53-84H,25-52H2,1-24H3. The van der Waals surface area contributed by atoms with E-state index in [4.69, 9.17) is 54.3 Å². The maximum atomic E-state index is 7.84. The molecule has 0 radical (unpaired) electrons. The molecular weight excluding hydrogens is 1340 g/mol. The number of rotatable bonds is 36. The molecule has 0 saturated heterocycles. The molecule has 0 aromatic carbocycles. The van der Waals surface area contributed by atoms with Gasteiger partial charge in [0.05, 0.1) is 80.7 Å². The first-order valence-electron chi connectivity index (χ1n) is 42.9. The summed E-state index contributed by atoms with van der Waals surface area (Å²) in [6.45, 7) is 58.4. The van der Waals surface area contributed by atoms with E-state index < -0.39 is 39.8 Å². The third kappa shape index (κ3) is 26.7. The second kappa shape index (κ2) is 42.2. The molecule has 0 aliphatic heterocycles. The second-order valence-corrected chi connectivity index (χ2v) is 43.8. The van der Waals surface area contributed by atoms with Crippen molar-refractivity contribution in [1.82, 2.24) is 0 Å². The third-order valence-corrected chi connectivity index (χ3v) is 32.2.